The third-order valence-electron chi connectivity index (χ3n) is 6.04. The number of halogens is 1. The summed E-state index contributed by atoms with van der Waals surface area (Å²) in [6.07, 6.45) is 4.09. The molecule has 35 heavy (non-hydrogen) atoms. The van der Waals surface area contributed by atoms with E-state index in [1.165, 1.54) is 11.8 Å². The van der Waals surface area contributed by atoms with E-state index < -0.39 is 0 Å². The van der Waals surface area contributed by atoms with Gasteiger partial charge in [0.2, 0.25) is 11.8 Å². The van der Waals surface area contributed by atoms with Crippen molar-refractivity contribution in [1.29, 1.82) is 0 Å². The Bertz CT molecular complexity index is 1240. The molecule has 2 aromatic carbocycles. The second kappa shape index (κ2) is 12.1. The van der Waals surface area contributed by atoms with E-state index in [0.29, 0.717) is 51.7 Å². The summed E-state index contributed by atoms with van der Waals surface area (Å²) in [5, 5.41) is 8.63. The van der Waals surface area contributed by atoms with Crippen molar-refractivity contribution in [1.82, 2.24) is 15.3 Å². The number of nitrogens with one attached hydrogen (secondary N) is 2. The van der Waals surface area contributed by atoms with E-state index in [-0.39, 0.29) is 17.5 Å². The molecular formula is C25H28ClN5O3S. The fourth-order valence-corrected chi connectivity index (χ4v) is 5.07. The van der Waals surface area contributed by atoms with Crippen LogP contribution < -0.4 is 16.7 Å². The average Bonchev–Trinajstić information content (AvgIpc) is 2.86. The summed E-state index contributed by atoms with van der Waals surface area (Å²) in [6.45, 7) is 0.535. The molecule has 4 rings (SSSR count). The number of benzene rings is 2. The van der Waals surface area contributed by atoms with Gasteiger partial charge in [0.25, 0.3) is 5.56 Å². The van der Waals surface area contributed by atoms with Crippen molar-refractivity contribution in [3.05, 3.63) is 69.5 Å². The van der Waals surface area contributed by atoms with E-state index >= 15 is 0 Å². The lowest BCUT2D eigenvalue weighted by molar-refractivity contribution is -0.121. The fraction of sp³-hybridized carbons (Fsp3) is 0.360. The molecule has 8 nitrogen and oxygen atoms in total. The van der Waals surface area contributed by atoms with Crippen LogP contribution in [0.2, 0.25) is 5.02 Å². The number of ether oxygens (including phenoxy) is 1. The van der Waals surface area contributed by atoms with E-state index in [9.17, 15) is 9.59 Å². The van der Waals surface area contributed by atoms with Crippen molar-refractivity contribution >= 4 is 46.1 Å². The molecule has 1 saturated carbocycles. The number of aromatic amines is 1. The summed E-state index contributed by atoms with van der Waals surface area (Å²) in [7, 11) is 0. The lowest BCUT2D eigenvalue weighted by Crippen LogP contribution is -2.38. The van der Waals surface area contributed by atoms with Gasteiger partial charge >= 0.3 is 0 Å². The number of hydrogen-bond acceptors (Lipinski definition) is 7. The molecule has 0 aliphatic heterocycles. The van der Waals surface area contributed by atoms with Crippen LogP contribution in [0.1, 0.15) is 37.7 Å². The second-order valence-electron chi connectivity index (χ2n) is 8.52. The van der Waals surface area contributed by atoms with Crippen molar-refractivity contribution in [3.8, 4) is 0 Å². The van der Waals surface area contributed by atoms with Crippen LogP contribution in [-0.2, 0) is 9.53 Å². The molecule has 1 fully saturated rings. The minimum absolute atomic E-state index is 0.0145. The fourth-order valence-electron chi connectivity index (χ4n) is 4.13. The number of para-hydroxylation sites is 1. The van der Waals surface area contributed by atoms with E-state index in [1.807, 2.05) is 30.3 Å². The van der Waals surface area contributed by atoms with E-state index in [2.05, 4.69) is 20.4 Å². The number of hydrogen-bond donors (Lipinski definition) is 3. The zero-order valence-electron chi connectivity index (χ0n) is 19.2. The summed E-state index contributed by atoms with van der Waals surface area (Å²) in [5.41, 5.74) is 1.28. The summed E-state index contributed by atoms with van der Waals surface area (Å²) >= 11 is 7.31. The molecule has 0 spiro atoms. The smallest absolute Gasteiger partial charge is 0.259 e. The summed E-state index contributed by atoms with van der Waals surface area (Å²) < 4.78 is 5.86. The molecule has 3 aromatic rings. The second-order valence-corrected chi connectivity index (χ2v) is 10.0. The van der Waals surface area contributed by atoms with Gasteiger partial charge in [-0.15, -0.1) is 5.10 Å². The highest BCUT2D eigenvalue weighted by Crippen LogP contribution is 2.25. The van der Waals surface area contributed by atoms with Crippen molar-refractivity contribution in [2.45, 2.75) is 43.3 Å². The topological polar surface area (TPSA) is 122 Å². The number of fused-ring (bicyclic) bond motifs is 1. The Morgan fingerprint density at radius 3 is 2.66 bits per heavy atom. The Morgan fingerprint density at radius 1 is 1.17 bits per heavy atom. The maximum absolute atomic E-state index is 12.4. The lowest BCUT2D eigenvalue weighted by Gasteiger charge is -2.29. The molecule has 1 aliphatic rings. The van der Waals surface area contributed by atoms with Crippen LogP contribution in [-0.4, -0.2) is 40.2 Å². The maximum atomic E-state index is 12.4. The van der Waals surface area contributed by atoms with Crippen LogP contribution in [0.3, 0.4) is 0 Å². The summed E-state index contributed by atoms with van der Waals surface area (Å²) in [5.74, 6) is 6.85. The molecule has 1 aromatic heterocycles. The predicted molar refractivity (Wildman–Crippen MR) is 140 cm³/mol. The SMILES string of the molecule is NN=C(OCC1CCC(NC(=O)CCSc2nc3ccccc3c(=O)[nH]2)CC1)c1ccc(Cl)cc1. The number of carbonyl (C=O) groups is 1. The Kier molecular flexibility index (Phi) is 8.65. The first-order valence-corrected chi connectivity index (χ1v) is 13.0. The van der Waals surface area contributed by atoms with E-state index in [0.717, 1.165) is 31.2 Å². The quantitative estimate of drug-likeness (QED) is 0.104. The van der Waals surface area contributed by atoms with Crippen LogP contribution in [0.4, 0.5) is 0 Å². The molecule has 1 heterocycles. The number of nitrogens with zero attached hydrogens (tertiary/aromatic N) is 2. The van der Waals surface area contributed by atoms with Crippen LogP contribution >= 0.6 is 23.4 Å². The molecule has 0 bridgehead atoms. The number of amides is 1. The molecule has 0 atom stereocenters. The summed E-state index contributed by atoms with van der Waals surface area (Å²) in [4.78, 5) is 31.8. The predicted octanol–water partition coefficient (Wildman–Crippen LogP) is 4.07. The molecule has 0 saturated heterocycles. The third-order valence-corrected chi connectivity index (χ3v) is 7.16. The minimum Gasteiger partial charge on any atom is -0.476 e. The monoisotopic (exact) mass is 513 g/mol. The van der Waals surface area contributed by atoms with Crippen LogP contribution in [0, 0.1) is 5.92 Å². The van der Waals surface area contributed by atoms with Crippen molar-refractivity contribution < 1.29 is 9.53 Å². The molecule has 10 heteroatoms. The number of nitrogens with two attached hydrogens (primary N) is 1. The first kappa shape index (κ1) is 25.1. The number of rotatable bonds is 8. The Balaban J connectivity index is 1.16. The Labute approximate surface area is 212 Å². The molecule has 184 valence electrons. The maximum Gasteiger partial charge on any atom is 0.259 e. The summed E-state index contributed by atoms with van der Waals surface area (Å²) in [6, 6.07) is 14.6. The number of carbonyl (C=O) groups excluding carboxylic acids is 1. The first-order chi connectivity index (χ1) is 17.0. The zero-order valence-corrected chi connectivity index (χ0v) is 20.8. The highest BCUT2D eigenvalue weighted by molar-refractivity contribution is 7.99. The molecule has 4 N–H and O–H groups in total. The molecule has 1 aliphatic carbocycles. The standard InChI is InChI=1S/C25H28ClN5O3S/c26-18-9-7-17(8-10-18)24(31-27)34-15-16-5-11-19(12-6-16)28-22(32)13-14-35-25-29-21-4-2-1-3-20(21)23(33)30-25/h1-4,7-10,16,19H,5-6,11-15,27H2,(H,28,32)(H,29,30,33). The lowest BCUT2D eigenvalue weighted by atomic mass is 9.86. The molecule has 0 unspecified atom stereocenters. The van der Waals surface area contributed by atoms with Crippen LogP contribution in [0.5, 0.6) is 0 Å². The van der Waals surface area contributed by atoms with E-state index in [4.69, 9.17) is 22.2 Å². The van der Waals surface area contributed by atoms with Gasteiger partial charge in [-0.1, -0.05) is 35.5 Å². The van der Waals surface area contributed by atoms with Crippen molar-refractivity contribution in [3.63, 3.8) is 0 Å². The van der Waals surface area contributed by atoms with Gasteiger partial charge < -0.3 is 20.9 Å². The zero-order chi connectivity index (χ0) is 24.6. The highest BCUT2D eigenvalue weighted by atomic mass is 35.5. The van der Waals surface area contributed by atoms with Gasteiger partial charge in [0.15, 0.2) is 5.16 Å². The van der Waals surface area contributed by atoms with Crippen molar-refractivity contribution in [2.75, 3.05) is 12.4 Å². The van der Waals surface area contributed by atoms with Gasteiger partial charge in [0, 0.05) is 28.8 Å². The van der Waals surface area contributed by atoms with Gasteiger partial charge in [0.1, 0.15) is 0 Å². The van der Waals surface area contributed by atoms with Gasteiger partial charge in [0.05, 0.1) is 17.5 Å². The normalized spacial score (nSPS) is 18.4. The molecule has 1 amide bonds. The van der Waals surface area contributed by atoms with Crippen molar-refractivity contribution in [2.24, 2.45) is 16.9 Å². The Morgan fingerprint density at radius 2 is 1.91 bits per heavy atom. The number of H-pyrrole nitrogens is 1. The number of thioether (sulfide) groups is 1. The molecular weight excluding hydrogens is 486 g/mol. The minimum atomic E-state index is -0.165. The largest absolute Gasteiger partial charge is 0.476 e. The van der Waals surface area contributed by atoms with E-state index in [1.54, 1.807) is 18.2 Å². The van der Waals surface area contributed by atoms with Crippen LogP contribution in [0.15, 0.2) is 63.6 Å². The van der Waals surface area contributed by atoms with Gasteiger partial charge in [-0.25, -0.2) is 4.98 Å². The molecule has 0 radical (unpaired) electrons. The number of aromatic nitrogens is 2. The highest BCUT2D eigenvalue weighted by Gasteiger charge is 2.23. The number of hydrazone groups is 1. The first-order valence-electron chi connectivity index (χ1n) is 11.6. The van der Waals surface area contributed by atoms with Gasteiger partial charge in [-0.05, 0) is 68.0 Å². The Hall–Kier alpha value is -3.04. The van der Waals surface area contributed by atoms with Gasteiger partial charge in [-0.2, -0.15) is 0 Å². The van der Waals surface area contributed by atoms with Crippen LogP contribution in [0.25, 0.3) is 10.9 Å². The third kappa shape index (κ3) is 6.99. The van der Waals surface area contributed by atoms with Gasteiger partial charge in [-0.3, -0.25) is 9.59 Å². The average molecular weight is 514 g/mol.